The highest BCUT2D eigenvalue weighted by Gasteiger charge is 2.09. The Morgan fingerprint density at radius 3 is 2.32 bits per heavy atom. The van der Waals surface area contributed by atoms with E-state index < -0.39 is 11.8 Å². The minimum Gasteiger partial charge on any atom is -0.326 e. The summed E-state index contributed by atoms with van der Waals surface area (Å²) in [7, 11) is 0. The normalized spacial score (nSPS) is 10.4. The highest BCUT2D eigenvalue weighted by molar-refractivity contribution is 7.80. The van der Waals surface area contributed by atoms with E-state index >= 15 is 0 Å². The maximum atomic E-state index is 12.8. The number of halogens is 1. The SMILES string of the molecule is Cc1ccc(NC(=O)CCC(=O)NNC(=S)NC(=O)/C=C/c2ccc(F)cc2)c(C)c1. The van der Waals surface area contributed by atoms with Crippen LogP contribution in [0.3, 0.4) is 0 Å². The Morgan fingerprint density at radius 2 is 1.65 bits per heavy atom. The van der Waals surface area contributed by atoms with Crippen LogP contribution < -0.4 is 21.5 Å². The summed E-state index contributed by atoms with van der Waals surface area (Å²) in [5.41, 5.74) is 8.08. The molecule has 0 saturated heterocycles. The molecule has 7 nitrogen and oxygen atoms in total. The highest BCUT2D eigenvalue weighted by Crippen LogP contribution is 2.16. The number of benzene rings is 2. The molecule has 0 atom stereocenters. The summed E-state index contributed by atoms with van der Waals surface area (Å²) in [5, 5.41) is 5.01. The van der Waals surface area contributed by atoms with Gasteiger partial charge in [-0.3, -0.25) is 30.6 Å². The van der Waals surface area contributed by atoms with Gasteiger partial charge in [0, 0.05) is 24.6 Å². The molecule has 3 amide bonds. The smallest absolute Gasteiger partial charge is 0.250 e. The number of rotatable bonds is 6. The number of hydrazine groups is 1. The van der Waals surface area contributed by atoms with Crippen molar-refractivity contribution in [3.63, 3.8) is 0 Å². The lowest BCUT2D eigenvalue weighted by molar-refractivity contribution is -0.124. The first-order chi connectivity index (χ1) is 14.7. The predicted molar refractivity (Wildman–Crippen MR) is 121 cm³/mol. The summed E-state index contributed by atoms with van der Waals surface area (Å²) in [6.45, 7) is 3.86. The van der Waals surface area contributed by atoms with Gasteiger partial charge in [-0.05, 0) is 61.5 Å². The molecule has 0 saturated carbocycles. The van der Waals surface area contributed by atoms with Crippen LogP contribution in [0.4, 0.5) is 10.1 Å². The van der Waals surface area contributed by atoms with E-state index in [1.165, 1.54) is 36.4 Å². The Labute approximate surface area is 185 Å². The Bertz CT molecular complexity index is 1010. The first-order valence-electron chi connectivity index (χ1n) is 9.43. The molecule has 2 aromatic rings. The van der Waals surface area contributed by atoms with Gasteiger partial charge in [0.15, 0.2) is 5.11 Å². The van der Waals surface area contributed by atoms with E-state index in [0.29, 0.717) is 11.3 Å². The molecular weight excluding hydrogens is 419 g/mol. The van der Waals surface area contributed by atoms with Crippen molar-refractivity contribution in [2.24, 2.45) is 0 Å². The van der Waals surface area contributed by atoms with Crippen molar-refractivity contribution >= 4 is 46.8 Å². The fourth-order valence-electron chi connectivity index (χ4n) is 2.51. The molecule has 0 aromatic heterocycles. The maximum Gasteiger partial charge on any atom is 0.250 e. The largest absolute Gasteiger partial charge is 0.326 e. The van der Waals surface area contributed by atoms with E-state index in [2.05, 4.69) is 21.5 Å². The third-order valence-corrected chi connectivity index (χ3v) is 4.29. The van der Waals surface area contributed by atoms with E-state index in [-0.39, 0.29) is 29.7 Å². The highest BCUT2D eigenvalue weighted by atomic mass is 32.1. The zero-order valence-electron chi connectivity index (χ0n) is 17.1. The van der Waals surface area contributed by atoms with Crippen molar-refractivity contribution in [2.45, 2.75) is 26.7 Å². The van der Waals surface area contributed by atoms with Crippen LogP contribution in [0, 0.1) is 19.7 Å². The molecule has 0 radical (unpaired) electrons. The molecule has 2 aromatic carbocycles. The van der Waals surface area contributed by atoms with E-state index in [9.17, 15) is 18.8 Å². The molecule has 31 heavy (non-hydrogen) atoms. The van der Waals surface area contributed by atoms with E-state index in [4.69, 9.17) is 12.2 Å². The van der Waals surface area contributed by atoms with Gasteiger partial charge in [0.25, 0.3) is 0 Å². The third-order valence-electron chi connectivity index (χ3n) is 4.08. The van der Waals surface area contributed by atoms with Gasteiger partial charge in [-0.25, -0.2) is 4.39 Å². The van der Waals surface area contributed by atoms with Crippen LogP contribution in [0.5, 0.6) is 0 Å². The number of thiocarbonyl (C=S) groups is 1. The predicted octanol–water partition coefficient (Wildman–Crippen LogP) is 2.90. The summed E-state index contributed by atoms with van der Waals surface area (Å²) >= 11 is 4.92. The molecule has 0 unspecified atom stereocenters. The Morgan fingerprint density at radius 1 is 0.968 bits per heavy atom. The number of hydrogen-bond donors (Lipinski definition) is 4. The van der Waals surface area contributed by atoms with E-state index in [1.54, 1.807) is 0 Å². The fourth-order valence-corrected chi connectivity index (χ4v) is 2.66. The number of aryl methyl sites for hydroxylation is 2. The fraction of sp³-hybridized carbons (Fsp3) is 0.182. The molecule has 0 aliphatic heterocycles. The monoisotopic (exact) mass is 442 g/mol. The van der Waals surface area contributed by atoms with Crippen molar-refractivity contribution in [2.75, 3.05) is 5.32 Å². The van der Waals surface area contributed by atoms with Gasteiger partial charge < -0.3 is 5.32 Å². The second-order valence-corrected chi connectivity index (χ2v) is 7.15. The van der Waals surface area contributed by atoms with Gasteiger partial charge in [-0.1, -0.05) is 29.8 Å². The van der Waals surface area contributed by atoms with Crippen LogP contribution >= 0.6 is 12.2 Å². The Kier molecular flexibility index (Phi) is 8.83. The average molecular weight is 443 g/mol. The summed E-state index contributed by atoms with van der Waals surface area (Å²) in [5.74, 6) is -1.65. The van der Waals surface area contributed by atoms with E-state index in [1.807, 2.05) is 32.0 Å². The topological polar surface area (TPSA) is 99.3 Å². The number of hydrogen-bond acceptors (Lipinski definition) is 4. The molecule has 0 heterocycles. The van der Waals surface area contributed by atoms with Crippen LogP contribution in [0.15, 0.2) is 48.5 Å². The zero-order chi connectivity index (χ0) is 22.8. The van der Waals surface area contributed by atoms with Gasteiger partial charge in [0.1, 0.15) is 5.82 Å². The third kappa shape index (κ3) is 8.75. The number of anilines is 1. The first-order valence-corrected chi connectivity index (χ1v) is 9.84. The number of amides is 3. The van der Waals surface area contributed by atoms with Crippen LogP contribution in [0.25, 0.3) is 6.08 Å². The summed E-state index contributed by atoms with van der Waals surface area (Å²) in [4.78, 5) is 35.7. The molecule has 0 aliphatic rings. The van der Waals surface area contributed by atoms with Crippen molar-refractivity contribution in [3.05, 3.63) is 71.0 Å². The summed E-state index contributed by atoms with van der Waals surface area (Å²) < 4.78 is 12.8. The second-order valence-electron chi connectivity index (χ2n) is 6.74. The lowest BCUT2D eigenvalue weighted by atomic mass is 10.1. The summed E-state index contributed by atoms with van der Waals surface area (Å²) in [6.07, 6.45) is 2.63. The number of carbonyl (C=O) groups is 3. The van der Waals surface area contributed by atoms with Gasteiger partial charge in [-0.2, -0.15) is 0 Å². The lowest BCUT2D eigenvalue weighted by Gasteiger charge is -2.11. The standard InChI is InChI=1S/C22H23FN4O3S/c1-14-3-9-18(15(2)13-14)24-19(28)11-12-21(30)26-27-22(31)25-20(29)10-6-16-4-7-17(23)8-5-16/h3-10,13H,11-12H2,1-2H3,(H,24,28)(H,26,30)(H2,25,27,29,31)/b10-6+. The minimum absolute atomic E-state index is 0.0135. The lowest BCUT2D eigenvalue weighted by Crippen LogP contribution is -2.48. The molecule has 2 rings (SSSR count). The zero-order valence-corrected chi connectivity index (χ0v) is 17.9. The molecule has 4 N–H and O–H groups in total. The van der Waals surface area contributed by atoms with Crippen molar-refractivity contribution in [3.8, 4) is 0 Å². The summed E-state index contributed by atoms with van der Waals surface area (Å²) in [6, 6.07) is 11.3. The van der Waals surface area contributed by atoms with Crippen molar-refractivity contribution in [1.29, 1.82) is 0 Å². The first kappa shape index (κ1) is 23.7. The number of carbonyl (C=O) groups excluding carboxylic acids is 3. The molecule has 162 valence electrons. The number of nitrogens with one attached hydrogen (secondary N) is 4. The second kappa shape index (κ2) is 11.6. The Hall–Kier alpha value is -3.59. The molecule has 0 fully saturated rings. The van der Waals surface area contributed by atoms with Gasteiger partial charge in [-0.15, -0.1) is 0 Å². The van der Waals surface area contributed by atoms with Crippen LogP contribution in [-0.4, -0.2) is 22.8 Å². The molecular formula is C22H23FN4O3S. The average Bonchev–Trinajstić information content (AvgIpc) is 2.72. The van der Waals surface area contributed by atoms with E-state index in [0.717, 1.165) is 11.1 Å². The van der Waals surface area contributed by atoms with Crippen molar-refractivity contribution in [1.82, 2.24) is 16.2 Å². The minimum atomic E-state index is -0.524. The molecule has 0 bridgehead atoms. The molecule has 9 heteroatoms. The van der Waals surface area contributed by atoms with Crippen LogP contribution in [-0.2, 0) is 14.4 Å². The van der Waals surface area contributed by atoms with Gasteiger partial charge >= 0.3 is 0 Å². The molecule has 0 aliphatic carbocycles. The van der Waals surface area contributed by atoms with Crippen LogP contribution in [0.1, 0.15) is 29.5 Å². The van der Waals surface area contributed by atoms with Gasteiger partial charge in [0.2, 0.25) is 17.7 Å². The quantitative estimate of drug-likeness (QED) is 0.313. The Balaban J connectivity index is 1.67. The van der Waals surface area contributed by atoms with Crippen molar-refractivity contribution < 1.29 is 18.8 Å². The van der Waals surface area contributed by atoms with Crippen LogP contribution in [0.2, 0.25) is 0 Å². The molecule has 0 spiro atoms. The van der Waals surface area contributed by atoms with Gasteiger partial charge in [0.05, 0.1) is 0 Å². The maximum absolute atomic E-state index is 12.8.